The summed E-state index contributed by atoms with van der Waals surface area (Å²) in [6.45, 7) is 11.9. The molecule has 2 aliphatic rings. The molecule has 46 heavy (non-hydrogen) atoms. The van der Waals surface area contributed by atoms with Crippen LogP contribution < -0.4 is 0 Å². The summed E-state index contributed by atoms with van der Waals surface area (Å²) in [6, 6.07) is 23.8. The molecule has 0 saturated heterocycles. The van der Waals surface area contributed by atoms with Crippen molar-refractivity contribution in [1.82, 2.24) is 14.5 Å². The van der Waals surface area contributed by atoms with Crippen LogP contribution in [0.1, 0.15) is 42.5 Å². The molecule has 4 heteroatoms. The van der Waals surface area contributed by atoms with Crippen molar-refractivity contribution in [3.05, 3.63) is 156 Å². The van der Waals surface area contributed by atoms with Crippen LogP contribution in [-0.2, 0) is 13.0 Å². The number of aryl methyl sites for hydroxylation is 1. The molecule has 4 aromatic rings. The Kier molecular flexibility index (Phi) is 9.84. The van der Waals surface area contributed by atoms with Crippen molar-refractivity contribution < 1.29 is 0 Å². The maximum Gasteiger partial charge on any atom is 0.141 e. The number of benzene rings is 3. The highest BCUT2D eigenvalue weighted by molar-refractivity contribution is 6.00. The molecule has 0 saturated carbocycles. The maximum absolute atomic E-state index is 4.94. The first-order valence-electron chi connectivity index (χ1n) is 16.3. The Bertz CT molecular complexity index is 1920. The third kappa shape index (κ3) is 6.87. The van der Waals surface area contributed by atoms with E-state index < -0.39 is 0 Å². The molecule has 1 aliphatic carbocycles. The Morgan fingerprint density at radius 1 is 0.848 bits per heavy atom. The third-order valence-electron chi connectivity index (χ3n) is 8.60. The van der Waals surface area contributed by atoms with E-state index in [0.717, 1.165) is 60.8 Å². The Hall–Kier alpha value is -5.22. The molecule has 0 bridgehead atoms. The van der Waals surface area contributed by atoms with Gasteiger partial charge in [-0.3, -0.25) is 4.99 Å². The molecule has 1 aromatic heterocycles. The lowest BCUT2D eigenvalue weighted by atomic mass is 9.98. The Morgan fingerprint density at radius 2 is 1.67 bits per heavy atom. The van der Waals surface area contributed by atoms with Crippen molar-refractivity contribution in [1.29, 1.82) is 0 Å². The topological polar surface area (TPSA) is 33.4 Å². The van der Waals surface area contributed by atoms with Gasteiger partial charge < -0.3 is 9.47 Å². The van der Waals surface area contributed by atoms with E-state index in [1.165, 1.54) is 33.4 Å². The maximum atomic E-state index is 4.94. The molecule has 0 amide bonds. The van der Waals surface area contributed by atoms with Gasteiger partial charge in [-0.05, 0) is 78.3 Å². The number of aliphatic imine (C=N–C) groups is 1. The summed E-state index contributed by atoms with van der Waals surface area (Å²) in [7, 11) is 0. The number of hydrogen-bond donors (Lipinski definition) is 0. The van der Waals surface area contributed by atoms with Gasteiger partial charge in [-0.15, -0.1) is 0 Å². The lowest BCUT2D eigenvalue weighted by molar-refractivity contribution is 0.486. The number of amidine groups is 1. The van der Waals surface area contributed by atoms with Crippen molar-refractivity contribution in [2.75, 3.05) is 19.6 Å². The minimum Gasteiger partial charge on any atom is -0.353 e. The number of imidazole rings is 1. The molecule has 1 aliphatic heterocycles. The molecule has 6 rings (SSSR count). The van der Waals surface area contributed by atoms with Gasteiger partial charge in [0.25, 0.3) is 0 Å². The molecular weight excluding hydrogens is 560 g/mol. The summed E-state index contributed by atoms with van der Waals surface area (Å²) in [6.07, 6.45) is 25.6. The summed E-state index contributed by atoms with van der Waals surface area (Å²) in [5.41, 5.74) is 10.5. The Morgan fingerprint density at radius 3 is 2.50 bits per heavy atom. The second kappa shape index (κ2) is 14.7. The lowest BCUT2D eigenvalue weighted by Gasteiger charge is -2.24. The number of rotatable bonds is 9. The second-order valence-corrected chi connectivity index (χ2v) is 11.5. The van der Waals surface area contributed by atoms with Crippen molar-refractivity contribution in [3.8, 4) is 11.4 Å². The average molecular weight is 603 g/mol. The summed E-state index contributed by atoms with van der Waals surface area (Å²) in [5.74, 6) is 2.11. The van der Waals surface area contributed by atoms with Crippen LogP contribution in [-0.4, -0.2) is 39.9 Å². The lowest BCUT2D eigenvalue weighted by Crippen LogP contribution is -2.32. The summed E-state index contributed by atoms with van der Waals surface area (Å²) >= 11 is 0. The number of allylic oxidation sites excluding steroid dienone is 8. The molecule has 0 atom stereocenters. The smallest absolute Gasteiger partial charge is 0.141 e. The highest BCUT2D eigenvalue weighted by Crippen LogP contribution is 2.27. The van der Waals surface area contributed by atoms with Gasteiger partial charge in [0, 0.05) is 25.2 Å². The average Bonchev–Trinajstić information content (AvgIpc) is 3.37. The molecule has 0 N–H and O–H groups in total. The molecule has 2 heterocycles. The van der Waals surface area contributed by atoms with Gasteiger partial charge in [-0.1, -0.05) is 122 Å². The number of fused-ring (bicyclic) bond motifs is 1. The predicted octanol–water partition coefficient (Wildman–Crippen LogP) is 9.74. The number of aromatic nitrogens is 2. The van der Waals surface area contributed by atoms with Gasteiger partial charge in [-0.25, -0.2) is 4.98 Å². The highest BCUT2D eigenvalue weighted by atomic mass is 15.2. The predicted molar refractivity (Wildman–Crippen MR) is 198 cm³/mol. The minimum atomic E-state index is 0.694. The Balaban J connectivity index is 1.16. The van der Waals surface area contributed by atoms with Crippen LogP contribution in [0.5, 0.6) is 0 Å². The number of nitrogens with zero attached hydrogens (tertiary/aromatic N) is 4. The fourth-order valence-corrected chi connectivity index (χ4v) is 6.11. The Labute approximate surface area is 273 Å². The van der Waals surface area contributed by atoms with Gasteiger partial charge in [-0.2, -0.15) is 0 Å². The fraction of sp³-hybridized carbons (Fsp3) is 0.190. The first-order valence-corrected chi connectivity index (χ1v) is 16.3. The molecule has 4 nitrogen and oxygen atoms in total. The normalized spacial score (nSPS) is 17.8. The van der Waals surface area contributed by atoms with E-state index in [1.54, 1.807) is 0 Å². The van der Waals surface area contributed by atoms with E-state index in [9.17, 15) is 0 Å². The van der Waals surface area contributed by atoms with Crippen LogP contribution in [0.25, 0.3) is 40.1 Å². The molecule has 230 valence electrons. The van der Waals surface area contributed by atoms with E-state index in [2.05, 4.69) is 151 Å². The van der Waals surface area contributed by atoms with Gasteiger partial charge >= 0.3 is 0 Å². The summed E-state index contributed by atoms with van der Waals surface area (Å²) < 4.78 is 2.28. The number of para-hydroxylation sites is 2. The molecule has 0 radical (unpaired) electrons. The fourth-order valence-electron chi connectivity index (χ4n) is 6.11. The van der Waals surface area contributed by atoms with Crippen molar-refractivity contribution in [2.45, 2.75) is 33.2 Å². The molecule has 0 spiro atoms. The SMILES string of the molecule is C=Cc1cc(C2=CC=C(/C3=N/C/C=C\C=C/CN3CC)CC=C2)ccc1/C=C\Cc1ccc(-c2nc3ccccc3n2CC)cc1. The van der Waals surface area contributed by atoms with Crippen LogP contribution in [0.15, 0.2) is 139 Å². The van der Waals surface area contributed by atoms with E-state index >= 15 is 0 Å². The van der Waals surface area contributed by atoms with E-state index in [-0.39, 0.29) is 0 Å². The summed E-state index contributed by atoms with van der Waals surface area (Å²) in [4.78, 5) is 12.2. The van der Waals surface area contributed by atoms with Gasteiger partial charge in [0.1, 0.15) is 11.7 Å². The first-order chi connectivity index (χ1) is 22.7. The van der Waals surface area contributed by atoms with Gasteiger partial charge in [0.15, 0.2) is 0 Å². The van der Waals surface area contributed by atoms with Gasteiger partial charge in [0.05, 0.1) is 17.6 Å². The van der Waals surface area contributed by atoms with Crippen LogP contribution in [0.4, 0.5) is 0 Å². The first kappa shape index (κ1) is 30.8. The van der Waals surface area contributed by atoms with Crippen molar-refractivity contribution in [3.63, 3.8) is 0 Å². The van der Waals surface area contributed by atoms with Crippen molar-refractivity contribution in [2.24, 2.45) is 4.99 Å². The van der Waals surface area contributed by atoms with E-state index in [0.29, 0.717) is 6.54 Å². The minimum absolute atomic E-state index is 0.694. The molecule has 0 unspecified atom stereocenters. The van der Waals surface area contributed by atoms with E-state index in [4.69, 9.17) is 9.98 Å². The summed E-state index contributed by atoms with van der Waals surface area (Å²) in [5, 5.41) is 0. The largest absolute Gasteiger partial charge is 0.353 e. The van der Waals surface area contributed by atoms with Crippen LogP contribution in [0.3, 0.4) is 0 Å². The monoisotopic (exact) mass is 602 g/mol. The zero-order valence-corrected chi connectivity index (χ0v) is 26.9. The highest BCUT2D eigenvalue weighted by Gasteiger charge is 2.15. The van der Waals surface area contributed by atoms with Crippen LogP contribution in [0.2, 0.25) is 0 Å². The standard InChI is InChI=1S/C42H42N4/c1-4-33-31-38(35-17-14-18-36(27-25-35)41-43-29-11-7-8-12-30-45(41)5-2)28-26-34(33)16-13-15-32-21-23-37(24-22-32)42-44-39-19-9-10-20-40(39)46(42)6-3/h4,7-14,16-17,19-28,31H,1,5-6,15,18,29-30H2,2-3H3/b11-7-,12-8-,16-13-,43-41-. The second-order valence-electron chi connectivity index (χ2n) is 11.5. The van der Waals surface area contributed by atoms with Crippen molar-refractivity contribution >= 4 is 34.6 Å². The molecule has 3 aromatic carbocycles. The van der Waals surface area contributed by atoms with Crippen LogP contribution in [0, 0.1) is 0 Å². The molecule has 0 fully saturated rings. The van der Waals surface area contributed by atoms with Crippen LogP contribution >= 0.6 is 0 Å². The quantitative estimate of drug-likeness (QED) is 0.191. The number of likely N-dealkylation sites (N-methyl/N-ethyl adjacent to an activating group) is 1. The zero-order valence-electron chi connectivity index (χ0n) is 26.9. The third-order valence-corrected chi connectivity index (χ3v) is 8.60. The van der Waals surface area contributed by atoms with E-state index in [1.807, 2.05) is 12.1 Å². The van der Waals surface area contributed by atoms with Gasteiger partial charge in [0.2, 0.25) is 0 Å². The molecular formula is C42H42N4. The zero-order chi connectivity index (χ0) is 31.7. The number of hydrogen-bond acceptors (Lipinski definition) is 3.